The highest BCUT2D eigenvalue weighted by Crippen LogP contribution is 2.41. The average molecular weight is 246 g/mol. The van der Waals surface area contributed by atoms with E-state index in [4.69, 9.17) is 5.73 Å². The van der Waals surface area contributed by atoms with Crippen LogP contribution in [0.1, 0.15) is 43.5 Å². The monoisotopic (exact) mass is 246 g/mol. The molecule has 1 saturated carbocycles. The molecule has 0 saturated heterocycles. The largest absolute Gasteiger partial charge is 0.399 e. The molecule has 0 unspecified atom stereocenters. The van der Waals surface area contributed by atoms with Gasteiger partial charge in [0.25, 0.3) is 5.91 Å². The van der Waals surface area contributed by atoms with Gasteiger partial charge in [-0.2, -0.15) is 0 Å². The van der Waals surface area contributed by atoms with Crippen LogP contribution in [-0.2, 0) is 0 Å². The first-order valence-corrected chi connectivity index (χ1v) is 6.63. The first-order valence-electron chi connectivity index (χ1n) is 6.63. The number of nitrogen functional groups attached to an aromatic ring is 1. The number of hydrogen-bond donors (Lipinski definition) is 2. The predicted octanol–water partition coefficient (Wildman–Crippen LogP) is 2.82. The molecule has 0 atom stereocenters. The molecular formula is C15H22N2O. The van der Waals surface area contributed by atoms with E-state index in [-0.39, 0.29) is 11.3 Å². The minimum Gasteiger partial charge on any atom is -0.399 e. The SMILES string of the molecule is CC(C)(CNC(=O)c1cccc(N)c1)C1CCC1. The standard InChI is InChI=1S/C15H22N2O/c1-15(2,12-6-4-7-12)10-17-14(18)11-5-3-8-13(16)9-11/h3,5,8-9,12H,4,6-7,10,16H2,1-2H3,(H,17,18). The van der Waals surface area contributed by atoms with Crippen molar-refractivity contribution in [2.75, 3.05) is 12.3 Å². The van der Waals surface area contributed by atoms with Crippen LogP contribution in [0.25, 0.3) is 0 Å². The third-order valence-corrected chi connectivity index (χ3v) is 4.06. The molecule has 1 fully saturated rings. The Morgan fingerprint density at radius 1 is 1.44 bits per heavy atom. The van der Waals surface area contributed by atoms with Gasteiger partial charge < -0.3 is 11.1 Å². The van der Waals surface area contributed by atoms with Crippen molar-refractivity contribution in [3.8, 4) is 0 Å². The molecule has 98 valence electrons. The van der Waals surface area contributed by atoms with Gasteiger partial charge in [-0.3, -0.25) is 4.79 Å². The van der Waals surface area contributed by atoms with Crippen LogP contribution in [0, 0.1) is 11.3 Å². The average Bonchev–Trinajstić information content (AvgIpc) is 2.23. The summed E-state index contributed by atoms with van der Waals surface area (Å²) in [4.78, 5) is 12.0. The van der Waals surface area contributed by atoms with Crippen LogP contribution in [-0.4, -0.2) is 12.5 Å². The molecule has 3 heteroatoms. The van der Waals surface area contributed by atoms with Crippen molar-refractivity contribution in [1.29, 1.82) is 0 Å². The molecule has 2 rings (SSSR count). The van der Waals surface area contributed by atoms with E-state index in [0.717, 1.165) is 12.5 Å². The van der Waals surface area contributed by atoms with E-state index in [1.807, 2.05) is 0 Å². The molecule has 0 radical (unpaired) electrons. The maximum atomic E-state index is 12.0. The number of carbonyl (C=O) groups is 1. The highest BCUT2D eigenvalue weighted by atomic mass is 16.1. The number of benzene rings is 1. The summed E-state index contributed by atoms with van der Waals surface area (Å²) in [6.45, 7) is 5.19. The molecule has 1 aliphatic carbocycles. The van der Waals surface area contributed by atoms with Gasteiger partial charge in [0, 0.05) is 17.8 Å². The molecule has 0 aliphatic heterocycles. The Bertz CT molecular complexity index is 436. The zero-order chi connectivity index (χ0) is 13.2. The van der Waals surface area contributed by atoms with Gasteiger partial charge in [0.15, 0.2) is 0 Å². The highest BCUT2D eigenvalue weighted by molar-refractivity contribution is 5.94. The second kappa shape index (κ2) is 5.01. The zero-order valence-electron chi connectivity index (χ0n) is 11.2. The van der Waals surface area contributed by atoms with Crippen LogP contribution in [0.2, 0.25) is 0 Å². The van der Waals surface area contributed by atoms with E-state index in [2.05, 4.69) is 19.2 Å². The second-order valence-electron chi connectivity index (χ2n) is 5.92. The van der Waals surface area contributed by atoms with Gasteiger partial charge in [0.05, 0.1) is 0 Å². The maximum Gasteiger partial charge on any atom is 0.251 e. The molecular weight excluding hydrogens is 224 g/mol. The van der Waals surface area contributed by atoms with Crippen LogP contribution in [0.3, 0.4) is 0 Å². The van der Waals surface area contributed by atoms with Crippen LogP contribution < -0.4 is 11.1 Å². The van der Waals surface area contributed by atoms with Crippen molar-refractivity contribution in [2.24, 2.45) is 11.3 Å². The van der Waals surface area contributed by atoms with Gasteiger partial charge in [-0.15, -0.1) is 0 Å². The zero-order valence-corrected chi connectivity index (χ0v) is 11.2. The quantitative estimate of drug-likeness (QED) is 0.803. The van der Waals surface area contributed by atoms with Gasteiger partial charge in [0.1, 0.15) is 0 Å². The lowest BCUT2D eigenvalue weighted by Gasteiger charge is -2.40. The van der Waals surface area contributed by atoms with Crippen molar-refractivity contribution in [3.05, 3.63) is 29.8 Å². The third-order valence-electron chi connectivity index (χ3n) is 4.06. The second-order valence-corrected chi connectivity index (χ2v) is 5.92. The Morgan fingerprint density at radius 2 is 2.17 bits per heavy atom. The summed E-state index contributed by atoms with van der Waals surface area (Å²) >= 11 is 0. The molecule has 1 amide bonds. The topological polar surface area (TPSA) is 55.1 Å². The summed E-state index contributed by atoms with van der Waals surface area (Å²) in [5.41, 5.74) is 7.13. The van der Waals surface area contributed by atoms with Crippen molar-refractivity contribution in [2.45, 2.75) is 33.1 Å². The molecule has 3 N–H and O–H groups in total. The summed E-state index contributed by atoms with van der Waals surface area (Å²) in [7, 11) is 0. The number of amides is 1. The van der Waals surface area contributed by atoms with Crippen LogP contribution >= 0.6 is 0 Å². The number of carbonyl (C=O) groups excluding carboxylic acids is 1. The van der Waals surface area contributed by atoms with Gasteiger partial charge in [0.2, 0.25) is 0 Å². The molecule has 1 aromatic rings. The molecule has 18 heavy (non-hydrogen) atoms. The summed E-state index contributed by atoms with van der Waals surface area (Å²) in [5.74, 6) is 0.716. The van der Waals surface area contributed by atoms with E-state index in [0.29, 0.717) is 11.3 Å². The number of rotatable bonds is 4. The Hall–Kier alpha value is -1.51. The van der Waals surface area contributed by atoms with Gasteiger partial charge in [-0.1, -0.05) is 26.3 Å². The van der Waals surface area contributed by atoms with Crippen LogP contribution in [0.5, 0.6) is 0 Å². The van der Waals surface area contributed by atoms with E-state index >= 15 is 0 Å². The Morgan fingerprint density at radius 3 is 2.72 bits per heavy atom. The minimum absolute atomic E-state index is 0.0327. The maximum absolute atomic E-state index is 12.0. The Balaban J connectivity index is 1.91. The summed E-state index contributed by atoms with van der Waals surface area (Å²) in [5, 5.41) is 3.02. The van der Waals surface area contributed by atoms with Gasteiger partial charge in [-0.05, 0) is 42.4 Å². The Kier molecular flexibility index (Phi) is 3.60. The number of hydrogen-bond acceptors (Lipinski definition) is 2. The highest BCUT2D eigenvalue weighted by Gasteiger charge is 2.33. The lowest BCUT2D eigenvalue weighted by atomic mass is 9.67. The van der Waals surface area contributed by atoms with E-state index in [1.165, 1.54) is 19.3 Å². The van der Waals surface area contributed by atoms with E-state index in [9.17, 15) is 4.79 Å². The smallest absolute Gasteiger partial charge is 0.251 e. The first kappa shape index (κ1) is 12.9. The molecule has 0 heterocycles. The third kappa shape index (κ3) is 2.84. The first-order chi connectivity index (χ1) is 8.49. The fourth-order valence-corrected chi connectivity index (χ4v) is 2.42. The van der Waals surface area contributed by atoms with Crippen molar-refractivity contribution < 1.29 is 4.79 Å². The number of nitrogens with one attached hydrogen (secondary N) is 1. The van der Waals surface area contributed by atoms with Gasteiger partial charge >= 0.3 is 0 Å². The predicted molar refractivity (Wildman–Crippen MR) is 74.3 cm³/mol. The fraction of sp³-hybridized carbons (Fsp3) is 0.533. The summed E-state index contributed by atoms with van der Waals surface area (Å²) in [6, 6.07) is 7.10. The molecule has 0 bridgehead atoms. The summed E-state index contributed by atoms with van der Waals surface area (Å²) in [6.07, 6.45) is 3.92. The van der Waals surface area contributed by atoms with Crippen LogP contribution in [0.15, 0.2) is 24.3 Å². The molecule has 0 spiro atoms. The van der Waals surface area contributed by atoms with Crippen molar-refractivity contribution >= 4 is 11.6 Å². The molecule has 0 aromatic heterocycles. The van der Waals surface area contributed by atoms with E-state index < -0.39 is 0 Å². The van der Waals surface area contributed by atoms with Crippen LogP contribution in [0.4, 0.5) is 5.69 Å². The lowest BCUT2D eigenvalue weighted by Crippen LogP contribution is -2.41. The lowest BCUT2D eigenvalue weighted by molar-refractivity contribution is 0.0858. The van der Waals surface area contributed by atoms with Gasteiger partial charge in [-0.25, -0.2) is 0 Å². The van der Waals surface area contributed by atoms with Crippen molar-refractivity contribution in [1.82, 2.24) is 5.32 Å². The Labute approximate surface area is 109 Å². The minimum atomic E-state index is -0.0327. The van der Waals surface area contributed by atoms with Crippen molar-refractivity contribution in [3.63, 3.8) is 0 Å². The summed E-state index contributed by atoms with van der Waals surface area (Å²) < 4.78 is 0. The number of anilines is 1. The van der Waals surface area contributed by atoms with E-state index in [1.54, 1.807) is 24.3 Å². The molecule has 1 aromatic carbocycles. The number of nitrogens with two attached hydrogens (primary N) is 1. The molecule has 1 aliphatic rings. The molecule has 3 nitrogen and oxygen atoms in total. The fourth-order valence-electron chi connectivity index (χ4n) is 2.42. The normalized spacial score (nSPS) is 16.1.